The number of sulfonamides is 1. The molecule has 1 aliphatic heterocycles. The van der Waals surface area contributed by atoms with Crippen LogP contribution < -0.4 is 5.32 Å². The average Bonchev–Trinajstić information content (AvgIpc) is 3.07. The monoisotopic (exact) mass is 309 g/mol. The lowest BCUT2D eigenvalue weighted by Gasteiger charge is -2.19. The molecule has 21 heavy (non-hydrogen) atoms. The van der Waals surface area contributed by atoms with Crippen LogP contribution in [0, 0.1) is 11.8 Å². The van der Waals surface area contributed by atoms with Crippen LogP contribution in [0.2, 0.25) is 0 Å². The molecule has 1 saturated heterocycles. The van der Waals surface area contributed by atoms with Crippen LogP contribution in [-0.4, -0.2) is 37.3 Å². The van der Waals surface area contributed by atoms with Crippen molar-refractivity contribution in [2.24, 2.45) is 11.8 Å². The van der Waals surface area contributed by atoms with Crippen LogP contribution in [0.1, 0.15) is 32.6 Å². The Morgan fingerprint density at radius 2 is 2.05 bits per heavy atom. The van der Waals surface area contributed by atoms with Gasteiger partial charge in [-0.05, 0) is 43.2 Å². The summed E-state index contributed by atoms with van der Waals surface area (Å²) in [7, 11) is -3.43. The molecule has 2 aliphatic rings. The van der Waals surface area contributed by atoms with E-state index in [1.165, 1.54) is 19.3 Å². The van der Waals surface area contributed by atoms with E-state index >= 15 is 0 Å². The van der Waals surface area contributed by atoms with E-state index < -0.39 is 10.0 Å². The number of rotatable bonds is 5. The third-order valence-electron chi connectivity index (χ3n) is 4.62. The van der Waals surface area contributed by atoms with Gasteiger partial charge in [-0.3, -0.25) is 0 Å². The Hall–Kier alpha value is -1.14. The number of hydrogen-bond donors (Lipinski definition) is 1. The smallest absolute Gasteiger partial charge is 0.246 e. The minimum Gasteiger partial charge on any atom is -0.369 e. The van der Waals surface area contributed by atoms with Crippen molar-refractivity contribution < 1.29 is 8.42 Å². The van der Waals surface area contributed by atoms with Gasteiger partial charge in [0.15, 0.2) is 0 Å². The van der Waals surface area contributed by atoms with Crippen LogP contribution in [0.3, 0.4) is 0 Å². The van der Waals surface area contributed by atoms with Crippen molar-refractivity contribution in [1.29, 1.82) is 0 Å². The lowest BCUT2D eigenvalue weighted by molar-refractivity contribution is 0.445. The highest BCUT2D eigenvalue weighted by Crippen LogP contribution is 2.40. The average molecular weight is 309 g/mol. The molecule has 2 atom stereocenters. The quantitative estimate of drug-likeness (QED) is 0.907. The summed E-state index contributed by atoms with van der Waals surface area (Å²) in [6.07, 6.45) is 6.16. The second kappa shape index (κ2) is 5.93. The fourth-order valence-corrected chi connectivity index (χ4v) is 5.18. The first-order chi connectivity index (χ1) is 10.1. The molecule has 0 radical (unpaired) electrons. The molecule has 116 valence electrons. The number of aromatic nitrogens is 1. The van der Waals surface area contributed by atoms with E-state index in [-0.39, 0.29) is 0 Å². The maximum atomic E-state index is 12.9. The Morgan fingerprint density at radius 3 is 2.71 bits per heavy atom. The molecule has 1 saturated carbocycles. The first-order valence-electron chi connectivity index (χ1n) is 7.82. The molecule has 2 heterocycles. The summed E-state index contributed by atoms with van der Waals surface area (Å²) in [5.74, 6) is 1.60. The molecule has 1 N–H and O–H groups in total. The number of anilines is 1. The highest BCUT2D eigenvalue weighted by molar-refractivity contribution is 7.89. The third kappa shape index (κ3) is 2.79. The van der Waals surface area contributed by atoms with Crippen molar-refractivity contribution in [3.8, 4) is 0 Å². The molecule has 0 bridgehead atoms. The van der Waals surface area contributed by atoms with Crippen LogP contribution in [0.5, 0.6) is 0 Å². The normalized spacial score (nSPS) is 26.0. The second-order valence-electron chi connectivity index (χ2n) is 6.05. The highest BCUT2D eigenvalue weighted by Gasteiger charge is 2.42. The van der Waals surface area contributed by atoms with E-state index in [0.717, 1.165) is 13.0 Å². The number of fused-ring (bicyclic) bond motifs is 1. The van der Waals surface area contributed by atoms with Gasteiger partial charge in [0.2, 0.25) is 10.0 Å². The van der Waals surface area contributed by atoms with Gasteiger partial charge in [0.25, 0.3) is 0 Å². The second-order valence-corrected chi connectivity index (χ2v) is 7.96. The Balaban J connectivity index is 1.85. The van der Waals surface area contributed by atoms with Gasteiger partial charge in [-0.25, -0.2) is 13.4 Å². The highest BCUT2D eigenvalue weighted by atomic mass is 32.2. The van der Waals surface area contributed by atoms with Crippen molar-refractivity contribution in [2.75, 3.05) is 25.0 Å². The number of hydrogen-bond acceptors (Lipinski definition) is 4. The van der Waals surface area contributed by atoms with Gasteiger partial charge in [0.05, 0.1) is 0 Å². The summed E-state index contributed by atoms with van der Waals surface area (Å²) in [5.41, 5.74) is 0. The molecule has 0 amide bonds. The molecule has 1 aliphatic carbocycles. The standard InChI is InChI=1S/C15H23N3O2S/c1-2-8-16-15-14(7-4-9-17-15)21(19,20)18-10-12-5-3-6-13(12)11-18/h4,7,9,12-13H,2-3,5-6,8,10-11H2,1H3,(H,16,17). The number of nitrogens with zero attached hydrogens (tertiary/aromatic N) is 2. The van der Waals surface area contributed by atoms with Crippen molar-refractivity contribution >= 4 is 15.8 Å². The molecule has 2 fully saturated rings. The fraction of sp³-hybridized carbons (Fsp3) is 0.667. The maximum absolute atomic E-state index is 12.9. The molecule has 3 rings (SSSR count). The Morgan fingerprint density at radius 1 is 1.33 bits per heavy atom. The number of pyridine rings is 1. The summed E-state index contributed by atoms with van der Waals surface area (Å²) in [5, 5.41) is 3.13. The predicted octanol–water partition coefficient (Wildman–Crippen LogP) is 2.32. The molecular weight excluding hydrogens is 286 g/mol. The van der Waals surface area contributed by atoms with E-state index in [1.54, 1.807) is 22.6 Å². The van der Waals surface area contributed by atoms with Gasteiger partial charge in [-0.1, -0.05) is 13.3 Å². The fourth-order valence-electron chi connectivity index (χ4n) is 3.50. The molecule has 6 heteroatoms. The molecule has 0 spiro atoms. The largest absolute Gasteiger partial charge is 0.369 e. The predicted molar refractivity (Wildman–Crippen MR) is 82.6 cm³/mol. The van der Waals surface area contributed by atoms with Gasteiger partial charge in [0.1, 0.15) is 10.7 Å². The van der Waals surface area contributed by atoms with Gasteiger partial charge in [-0.15, -0.1) is 0 Å². The topological polar surface area (TPSA) is 62.3 Å². The molecule has 0 aromatic carbocycles. The maximum Gasteiger partial charge on any atom is 0.246 e. The van der Waals surface area contributed by atoms with Crippen molar-refractivity contribution in [1.82, 2.24) is 9.29 Å². The summed E-state index contributed by atoms with van der Waals surface area (Å²) >= 11 is 0. The van der Waals surface area contributed by atoms with Crippen LogP contribution in [-0.2, 0) is 10.0 Å². The molecule has 5 nitrogen and oxygen atoms in total. The Bertz CT molecular complexity index is 591. The zero-order valence-electron chi connectivity index (χ0n) is 12.5. The summed E-state index contributed by atoms with van der Waals surface area (Å²) in [6, 6.07) is 3.36. The van der Waals surface area contributed by atoms with E-state index in [1.807, 2.05) is 6.92 Å². The van der Waals surface area contributed by atoms with Crippen LogP contribution >= 0.6 is 0 Å². The first kappa shape index (κ1) is 14.8. The lowest BCUT2D eigenvalue weighted by Crippen LogP contribution is -2.30. The molecule has 1 aromatic rings. The van der Waals surface area contributed by atoms with E-state index in [2.05, 4.69) is 10.3 Å². The summed E-state index contributed by atoms with van der Waals surface area (Å²) in [4.78, 5) is 4.53. The van der Waals surface area contributed by atoms with Gasteiger partial charge in [-0.2, -0.15) is 4.31 Å². The summed E-state index contributed by atoms with van der Waals surface area (Å²) < 4.78 is 27.5. The molecule has 2 unspecified atom stereocenters. The minimum atomic E-state index is -3.43. The Kier molecular flexibility index (Phi) is 4.17. The summed E-state index contributed by atoms with van der Waals surface area (Å²) in [6.45, 7) is 4.13. The SMILES string of the molecule is CCCNc1ncccc1S(=O)(=O)N1CC2CCCC2C1. The minimum absolute atomic E-state index is 0.318. The third-order valence-corrected chi connectivity index (χ3v) is 6.49. The van der Waals surface area contributed by atoms with Crippen LogP contribution in [0.15, 0.2) is 23.2 Å². The lowest BCUT2D eigenvalue weighted by atomic mass is 10.0. The zero-order valence-corrected chi connectivity index (χ0v) is 13.3. The van der Waals surface area contributed by atoms with Crippen molar-refractivity contribution in [3.05, 3.63) is 18.3 Å². The van der Waals surface area contributed by atoms with Crippen molar-refractivity contribution in [3.63, 3.8) is 0 Å². The van der Waals surface area contributed by atoms with E-state index in [4.69, 9.17) is 0 Å². The van der Waals surface area contributed by atoms with E-state index in [9.17, 15) is 8.42 Å². The Labute approximate surface area is 126 Å². The molecule has 1 aromatic heterocycles. The first-order valence-corrected chi connectivity index (χ1v) is 9.26. The van der Waals surface area contributed by atoms with Crippen LogP contribution in [0.4, 0.5) is 5.82 Å². The van der Waals surface area contributed by atoms with Gasteiger partial charge < -0.3 is 5.32 Å². The number of nitrogens with one attached hydrogen (secondary N) is 1. The van der Waals surface area contributed by atoms with Crippen LogP contribution in [0.25, 0.3) is 0 Å². The van der Waals surface area contributed by atoms with Crippen molar-refractivity contribution in [2.45, 2.75) is 37.5 Å². The van der Waals surface area contributed by atoms with E-state index in [0.29, 0.717) is 35.6 Å². The zero-order chi connectivity index (χ0) is 14.9. The molecular formula is C15H23N3O2S. The van der Waals surface area contributed by atoms with Gasteiger partial charge >= 0.3 is 0 Å². The van der Waals surface area contributed by atoms with Gasteiger partial charge in [0, 0.05) is 25.8 Å².